The number of hydrogen-bond acceptors (Lipinski definition) is 6. The van der Waals surface area contributed by atoms with Crippen LogP contribution in [-0.4, -0.2) is 64.8 Å². The maximum Gasteiger partial charge on any atom is 0.225 e. The molecule has 4 rings (SSSR count). The van der Waals surface area contributed by atoms with Crippen molar-refractivity contribution in [2.24, 2.45) is 0 Å². The number of H-pyrrole nitrogens is 1. The van der Waals surface area contributed by atoms with Crippen molar-refractivity contribution in [1.82, 2.24) is 25.1 Å². The number of anilines is 1. The molecule has 4 heterocycles. The lowest BCUT2D eigenvalue weighted by Crippen LogP contribution is -2.49. The van der Waals surface area contributed by atoms with E-state index >= 15 is 0 Å². The van der Waals surface area contributed by atoms with Gasteiger partial charge in [0.15, 0.2) is 0 Å². The monoisotopic (exact) mass is 370 g/mol. The molecule has 0 aliphatic carbocycles. The predicted molar refractivity (Wildman–Crippen MR) is 100 cm³/mol. The van der Waals surface area contributed by atoms with Crippen molar-refractivity contribution in [3.63, 3.8) is 0 Å². The molecular weight excluding hydrogens is 344 g/mol. The van der Waals surface area contributed by atoms with E-state index in [9.17, 15) is 4.79 Å². The average molecular weight is 370 g/mol. The summed E-state index contributed by atoms with van der Waals surface area (Å²) in [7, 11) is 3.89. The first-order valence-electron chi connectivity index (χ1n) is 9.50. The number of aromatic nitrogens is 4. The third-order valence-electron chi connectivity index (χ3n) is 5.54. The average Bonchev–Trinajstić information content (AvgIpc) is 3.20. The Morgan fingerprint density at radius 1 is 1.33 bits per heavy atom. The van der Waals surface area contributed by atoms with Gasteiger partial charge in [-0.1, -0.05) is 0 Å². The highest BCUT2D eigenvalue weighted by molar-refractivity contribution is 5.76. The molecule has 1 amide bonds. The maximum atomic E-state index is 12.6. The molecule has 1 spiro atoms. The van der Waals surface area contributed by atoms with Crippen molar-refractivity contribution in [3.05, 3.63) is 35.4 Å². The normalized spacial score (nSPS) is 18.4. The van der Waals surface area contributed by atoms with E-state index in [1.165, 1.54) is 5.56 Å². The molecule has 0 unspecified atom stereocenters. The summed E-state index contributed by atoms with van der Waals surface area (Å²) in [4.78, 5) is 25.7. The van der Waals surface area contributed by atoms with Crippen molar-refractivity contribution in [2.75, 3.05) is 38.7 Å². The maximum absolute atomic E-state index is 12.6. The number of carbonyl (C=O) groups is 1. The molecule has 2 aromatic rings. The second kappa shape index (κ2) is 7.26. The Kier molecular flexibility index (Phi) is 4.82. The summed E-state index contributed by atoms with van der Waals surface area (Å²) >= 11 is 0. The van der Waals surface area contributed by atoms with Gasteiger partial charge >= 0.3 is 0 Å². The molecule has 8 heteroatoms. The van der Waals surface area contributed by atoms with Gasteiger partial charge in [0, 0.05) is 46.0 Å². The largest absolute Gasteiger partial charge is 0.368 e. The Balaban J connectivity index is 1.44. The molecule has 144 valence electrons. The standard InChI is InChI=1S/C19H26N6O2/c1-24(2)18-20-13-15-5-10-27-19(17(15)23-18)6-8-25(9-7-19)16(26)4-3-14-11-21-22-12-14/h11-13H,3-10H2,1-2H3,(H,21,22). The quantitative estimate of drug-likeness (QED) is 0.873. The molecule has 0 aromatic carbocycles. The van der Waals surface area contributed by atoms with Gasteiger partial charge in [0.2, 0.25) is 11.9 Å². The number of aromatic amines is 1. The van der Waals surface area contributed by atoms with Gasteiger partial charge in [-0.05, 0) is 36.8 Å². The third-order valence-corrected chi connectivity index (χ3v) is 5.54. The molecule has 2 aliphatic heterocycles. The minimum absolute atomic E-state index is 0.193. The summed E-state index contributed by atoms with van der Waals surface area (Å²) in [5.41, 5.74) is 2.86. The van der Waals surface area contributed by atoms with Crippen molar-refractivity contribution in [3.8, 4) is 0 Å². The lowest BCUT2D eigenvalue weighted by molar-refractivity contribution is -0.141. The van der Waals surface area contributed by atoms with Gasteiger partial charge in [-0.25, -0.2) is 9.97 Å². The Morgan fingerprint density at radius 2 is 2.15 bits per heavy atom. The molecule has 0 radical (unpaired) electrons. The van der Waals surface area contributed by atoms with Crippen molar-refractivity contribution < 1.29 is 9.53 Å². The number of fused-ring (bicyclic) bond motifs is 2. The fourth-order valence-corrected chi connectivity index (χ4v) is 3.94. The van der Waals surface area contributed by atoms with Crippen LogP contribution in [0.25, 0.3) is 0 Å². The van der Waals surface area contributed by atoms with E-state index in [4.69, 9.17) is 9.72 Å². The van der Waals surface area contributed by atoms with Gasteiger partial charge in [-0.3, -0.25) is 9.89 Å². The Hall–Kier alpha value is -2.48. The summed E-state index contributed by atoms with van der Waals surface area (Å²) < 4.78 is 6.26. The highest BCUT2D eigenvalue weighted by Crippen LogP contribution is 2.40. The van der Waals surface area contributed by atoms with Crippen LogP contribution < -0.4 is 4.90 Å². The van der Waals surface area contributed by atoms with E-state index in [1.54, 1.807) is 6.20 Å². The Labute approximate surface area is 158 Å². The van der Waals surface area contributed by atoms with E-state index in [0.717, 1.165) is 36.9 Å². The number of nitrogens with one attached hydrogen (secondary N) is 1. The van der Waals surface area contributed by atoms with Gasteiger partial charge in [0.05, 0.1) is 18.5 Å². The minimum Gasteiger partial charge on any atom is -0.368 e. The highest BCUT2D eigenvalue weighted by atomic mass is 16.5. The second-order valence-electron chi connectivity index (χ2n) is 7.52. The molecule has 2 aliphatic rings. The first-order valence-corrected chi connectivity index (χ1v) is 9.50. The van der Waals surface area contributed by atoms with E-state index in [1.807, 2.05) is 36.3 Å². The van der Waals surface area contributed by atoms with E-state index in [0.29, 0.717) is 32.1 Å². The number of likely N-dealkylation sites (tertiary alicyclic amines) is 1. The summed E-state index contributed by atoms with van der Waals surface area (Å²) in [5, 5.41) is 6.72. The van der Waals surface area contributed by atoms with E-state index < -0.39 is 0 Å². The number of ether oxygens (including phenoxy) is 1. The molecule has 1 saturated heterocycles. The van der Waals surface area contributed by atoms with Crippen LogP contribution in [0.5, 0.6) is 0 Å². The van der Waals surface area contributed by atoms with Gasteiger partial charge in [0.1, 0.15) is 5.60 Å². The topological polar surface area (TPSA) is 87.2 Å². The number of piperidine rings is 1. The summed E-state index contributed by atoms with van der Waals surface area (Å²) in [6.07, 6.45) is 9.18. The van der Waals surface area contributed by atoms with Crippen LogP contribution in [0.1, 0.15) is 36.1 Å². The molecule has 0 atom stereocenters. The number of amides is 1. The minimum atomic E-state index is -0.386. The SMILES string of the molecule is CN(C)c1ncc2c(n1)C1(CCN(C(=O)CCc3cn[nH]c3)CC1)OCC2. The zero-order valence-electron chi connectivity index (χ0n) is 15.9. The molecular formula is C19H26N6O2. The van der Waals surface area contributed by atoms with Crippen LogP contribution in [0.4, 0.5) is 5.95 Å². The molecule has 0 saturated carbocycles. The van der Waals surface area contributed by atoms with Crippen LogP contribution >= 0.6 is 0 Å². The lowest BCUT2D eigenvalue weighted by Gasteiger charge is -2.44. The molecule has 1 fully saturated rings. The number of carbonyl (C=O) groups excluding carboxylic acids is 1. The lowest BCUT2D eigenvalue weighted by atomic mass is 9.83. The Morgan fingerprint density at radius 3 is 2.85 bits per heavy atom. The molecule has 1 N–H and O–H groups in total. The second-order valence-corrected chi connectivity index (χ2v) is 7.52. The zero-order valence-corrected chi connectivity index (χ0v) is 15.9. The van der Waals surface area contributed by atoms with Gasteiger partial charge in [-0.15, -0.1) is 0 Å². The van der Waals surface area contributed by atoms with Crippen LogP contribution in [0.3, 0.4) is 0 Å². The summed E-state index contributed by atoms with van der Waals surface area (Å²) in [5.74, 6) is 0.899. The molecule has 27 heavy (non-hydrogen) atoms. The number of hydrogen-bond donors (Lipinski definition) is 1. The number of nitrogens with zero attached hydrogens (tertiary/aromatic N) is 5. The van der Waals surface area contributed by atoms with Gasteiger partial charge < -0.3 is 14.5 Å². The number of aryl methyl sites for hydroxylation is 1. The van der Waals surface area contributed by atoms with Crippen LogP contribution in [-0.2, 0) is 28.0 Å². The summed E-state index contributed by atoms with van der Waals surface area (Å²) in [6, 6.07) is 0. The molecule has 2 aromatic heterocycles. The number of rotatable bonds is 4. The molecule has 0 bridgehead atoms. The first kappa shape index (κ1) is 17.9. The smallest absolute Gasteiger partial charge is 0.225 e. The van der Waals surface area contributed by atoms with Crippen molar-refractivity contribution >= 4 is 11.9 Å². The highest BCUT2D eigenvalue weighted by Gasteiger charge is 2.43. The summed E-state index contributed by atoms with van der Waals surface area (Å²) in [6.45, 7) is 2.09. The van der Waals surface area contributed by atoms with Crippen molar-refractivity contribution in [1.29, 1.82) is 0 Å². The van der Waals surface area contributed by atoms with Crippen LogP contribution in [0, 0.1) is 0 Å². The predicted octanol–water partition coefficient (Wildman–Crippen LogP) is 1.29. The fraction of sp³-hybridized carbons (Fsp3) is 0.579. The van der Waals surface area contributed by atoms with Gasteiger partial charge in [-0.2, -0.15) is 5.10 Å². The first-order chi connectivity index (χ1) is 13.1. The van der Waals surface area contributed by atoms with E-state index in [-0.39, 0.29) is 11.5 Å². The van der Waals surface area contributed by atoms with Crippen molar-refractivity contribution in [2.45, 2.75) is 37.7 Å². The van der Waals surface area contributed by atoms with Crippen LogP contribution in [0.2, 0.25) is 0 Å². The van der Waals surface area contributed by atoms with E-state index in [2.05, 4.69) is 15.2 Å². The third kappa shape index (κ3) is 3.53. The fourth-order valence-electron chi connectivity index (χ4n) is 3.94. The van der Waals surface area contributed by atoms with Gasteiger partial charge in [0.25, 0.3) is 0 Å². The van der Waals surface area contributed by atoms with Crippen LogP contribution in [0.15, 0.2) is 18.6 Å². The molecule has 8 nitrogen and oxygen atoms in total. The Bertz CT molecular complexity index is 797. The zero-order chi connectivity index (χ0) is 18.9.